The molecule has 1 aliphatic heterocycles. The number of nitrogens with one attached hydrogen (secondary N) is 3. The Morgan fingerprint density at radius 3 is 2.37 bits per heavy atom. The van der Waals surface area contributed by atoms with Gasteiger partial charge in [-0.15, -0.1) is 24.0 Å². The molecule has 2 rings (SSSR count). The highest BCUT2D eigenvalue weighted by molar-refractivity contribution is 14.0. The fourth-order valence-electron chi connectivity index (χ4n) is 3.81. The molecule has 0 atom stereocenters. The molecule has 160 valence electrons. The molecule has 0 aromatic carbocycles. The molecule has 1 saturated carbocycles. The van der Waals surface area contributed by atoms with Crippen LogP contribution in [0.25, 0.3) is 0 Å². The maximum absolute atomic E-state index is 11.5. The van der Waals surface area contributed by atoms with Crippen LogP contribution < -0.4 is 15.4 Å². The molecule has 0 aromatic heterocycles. The number of hydrogen-bond donors (Lipinski definition) is 3. The first-order chi connectivity index (χ1) is 12.5. The lowest BCUT2D eigenvalue weighted by atomic mass is 9.80. The normalized spacial score (nSPS) is 21.3. The van der Waals surface area contributed by atoms with Gasteiger partial charge in [-0.2, -0.15) is 0 Å². The minimum absolute atomic E-state index is 0. The van der Waals surface area contributed by atoms with Gasteiger partial charge in [0.2, 0.25) is 10.0 Å². The van der Waals surface area contributed by atoms with Gasteiger partial charge in [0.15, 0.2) is 5.96 Å². The molecule has 0 aromatic rings. The predicted octanol–water partition coefficient (Wildman–Crippen LogP) is 0.744. The van der Waals surface area contributed by atoms with E-state index in [1.807, 2.05) is 0 Å². The van der Waals surface area contributed by atoms with Crippen molar-refractivity contribution in [3.63, 3.8) is 0 Å². The largest absolute Gasteiger partial charge is 0.379 e. The minimum Gasteiger partial charge on any atom is -0.379 e. The van der Waals surface area contributed by atoms with Crippen LogP contribution in [0.4, 0.5) is 0 Å². The van der Waals surface area contributed by atoms with E-state index in [0.717, 1.165) is 38.8 Å². The Balaban J connectivity index is 0.00000364. The summed E-state index contributed by atoms with van der Waals surface area (Å²) in [5.41, 5.74) is 0.170. The highest BCUT2D eigenvalue weighted by Crippen LogP contribution is 2.33. The van der Waals surface area contributed by atoms with Crippen LogP contribution in [-0.2, 0) is 14.8 Å². The Labute approximate surface area is 181 Å². The van der Waals surface area contributed by atoms with Gasteiger partial charge in [0.25, 0.3) is 0 Å². The monoisotopic (exact) mass is 517 g/mol. The van der Waals surface area contributed by atoms with Crippen molar-refractivity contribution in [1.82, 2.24) is 20.3 Å². The van der Waals surface area contributed by atoms with Crippen LogP contribution in [0.5, 0.6) is 0 Å². The average molecular weight is 517 g/mol. The molecular weight excluding hydrogens is 481 g/mol. The quantitative estimate of drug-likeness (QED) is 0.190. The van der Waals surface area contributed by atoms with E-state index in [9.17, 15) is 8.42 Å². The van der Waals surface area contributed by atoms with Crippen LogP contribution in [-0.4, -0.2) is 83.6 Å². The van der Waals surface area contributed by atoms with Gasteiger partial charge in [0.05, 0.1) is 19.0 Å². The summed E-state index contributed by atoms with van der Waals surface area (Å²) in [6, 6.07) is 0. The number of aliphatic imine (C=N–C) groups is 1. The van der Waals surface area contributed by atoms with Crippen molar-refractivity contribution in [2.75, 3.05) is 58.7 Å². The number of rotatable bonds is 8. The van der Waals surface area contributed by atoms with Crippen molar-refractivity contribution in [3.8, 4) is 0 Å². The van der Waals surface area contributed by atoms with Crippen molar-refractivity contribution >= 4 is 40.0 Å². The number of guanidine groups is 1. The molecule has 1 saturated heterocycles. The second-order valence-electron chi connectivity index (χ2n) is 7.03. The molecule has 8 nitrogen and oxygen atoms in total. The molecule has 1 heterocycles. The summed E-state index contributed by atoms with van der Waals surface area (Å²) < 4.78 is 31.0. The molecule has 3 N–H and O–H groups in total. The molecule has 2 fully saturated rings. The van der Waals surface area contributed by atoms with Crippen molar-refractivity contribution in [2.45, 2.75) is 44.6 Å². The van der Waals surface area contributed by atoms with Gasteiger partial charge < -0.3 is 15.4 Å². The van der Waals surface area contributed by atoms with Gasteiger partial charge in [-0.25, -0.2) is 13.1 Å². The number of morpholine rings is 1. The van der Waals surface area contributed by atoms with E-state index >= 15 is 0 Å². The van der Waals surface area contributed by atoms with E-state index in [2.05, 4.69) is 25.2 Å². The van der Waals surface area contributed by atoms with Crippen molar-refractivity contribution in [1.29, 1.82) is 0 Å². The van der Waals surface area contributed by atoms with Gasteiger partial charge in [-0.05, 0) is 19.8 Å². The topological polar surface area (TPSA) is 95.1 Å². The van der Waals surface area contributed by atoms with E-state index in [4.69, 9.17) is 4.74 Å². The van der Waals surface area contributed by atoms with Crippen molar-refractivity contribution in [2.24, 2.45) is 4.99 Å². The first-order valence-electron chi connectivity index (χ1n) is 9.76. The van der Waals surface area contributed by atoms with Crippen molar-refractivity contribution in [3.05, 3.63) is 0 Å². The summed E-state index contributed by atoms with van der Waals surface area (Å²) >= 11 is 0. The van der Waals surface area contributed by atoms with Crippen LogP contribution in [0.3, 0.4) is 0 Å². The average Bonchev–Trinajstić information content (AvgIpc) is 2.69. The van der Waals surface area contributed by atoms with Gasteiger partial charge in [0, 0.05) is 45.3 Å². The first-order valence-corrected chi connectivity index (χ1v) is 11.4. The number of nitrogens with zero attached hydrogens (tertiary/aromatic N) is 2. The van der Waals surface area contributed by atoms with E-state index in [1.54, 1.807) is 14.0 Å². The Bertz CT molecular complexity index is 547. The fourth-order valence-corrected chi connectivity index (χ4v) is 4.43. The third kappa shape index (κ3) is 8.00. The maximum Gasteiger partial charge on any atom is 0.211 e. The van der Waals surface area contributed by atoms with Gasteiger partial charge in [-0.1, -0.05) is 19.3 Å². The maximum atomic E-state index is 11.5. The molecule has 0 spiro atoms. The molecule has 2 aliphatic rings. The number of hydrogen-bond acceptors (Lipinski definition) is 5. The predicted molar refractivity (Wildman–Crippen MR) is 120 cm³/mol. The third-order valence-electron chi connectivity index (χ3n) is 5.39. The molecule has 0 unspecified atom stereocenters. The SMILES string of the molecule is CCS(=O)(=O)NCCNC(=NC)NCC1(N2CCOCC2)CCCCC1.I. The molecule has 27 heavy (non-hydrogen) atoms. The smallest absolute Gasteiger partial charge is 0.211 e. The second kappa shape index (κ2) is 12.4. The first kappa shape index (κ1) is 24.9. The highest BCUT2D eigenvalue weighted by Gasteiger charge is 2.38. The van der Waals surface area contributed by atoms with Crippen LogP contribution in [0.15, 0.2) is 4.99 Å². The molecule has 0 bridgehead atoms. The molecule has 0 amide bonds. The van der Waals surface area contributed by atoms with Gasteiger partial charge in [0.1, 0.15) is 0 Å². The third-order valence-corrected chi connectivity index (χ3v) is 6.80. The summed E-state index contributed by atoms with van der Waals surface area (Å²) in [5.74, 6) is 0.820. The van der Waals surface area contributed by atoms with Crippen LogP contribution in [0, 0.1) is 0 Å². The zero-order valence-electron chi connectivity index (χ0n) is 16.6. The van der Waals surface area contributed by atoms with E-state index in [0.29, 0.717) is 13.1 Å². The molecule has 10 heteroatoms. The number of sulfonamides is 1. The van der Waals surface area contributed by atoms with Crippen LogP contribution in [0.1, 0.15) is 39.0 Å². The summed E-state index contributed by atoms with van der Waals surface area (Å²) in [6.07, 6.45) is 6.25. The zero-order valence-corrected chi connectivity index (χ0v) is 19.8. The summed E-state index contributed by atoms with van der Waals surface area (Å²) in [7, 11) is -1.40. The molecular formula is C17H36IN5O3S. The lowest BCUT2D eigenvalue weighted by Crippen LogP contribution is -2.60. The Hall–Kier alpha value is -0.170. The lowest BCUT2D eigenvalue weighted by Gasteiger charge is -2.48. The highest BCUT2D eigenvalue weighted by atomic mass is 127. The Morgan fingerprint density at radius 2 is 1.78 bits per heavy atom. The van der Waals surface area contributed by atoms with Crippen molar-refractivity contribution < 1.29 is 13.2 Å². The minimum atomic E-state index is -3.15. The Morgan fingerprint density at radius 1 is 1.11 bits per heavy atom. The van der Waals surface area contributed by atoms with Gasteiger partial charge in [-0.3, -0.25) is 9.89 Å². The standard InChI is InChI=1S/C17H35N5O3S.HI/c1-3-26(23,24)21-10-9-19-16(18-2)20-15-17(7-5-4-6-8-17)22-11-13-25-14-12-22;/h21H,3-15H2,1-2H3,(H2,18,19,20);1H. The molecule has 1 aliphatic carbocycles. The van der Waals surface area contributed by atoms with Crippen LogP contribution >= 0.6 is 24.0 Å². The van der Waals surface area contributed by atoms with Gasteiger partial charge >= 0.3 is 0 Å². The molecule has 0 radical (unpaired) electrons. The van der Waals surface area contributed by atoms with E-state index in [-0.39, 0.29) is 35.3 Å². The van der Waals surface area contributed by atoms with E-state index < -0.39 is 10.0 Å². The zero-order chi connectivity index (χ0) is 18.9. The van der Waals surface area contributed by atoms with Crippen LogP contribution in [0.2, 0.25) is 0 Å². The second-order valence-corrected chi connectivity index (χ2v) is 9.13. The fraction of sp³-hybridized carbons (Fsp3) is 0.941. The summed E-state index contributed by atoms with van der Waals surface area (Å²) in [6.45, 7) is 6.95. The number of ether oxygens (including phenoxy) is 1. The summed E-state index contributed by atoms with van der Waals surface area (Å²) in [5, 5.41) is 6.66. The van der Waals surface area contributed by atoms with E-state index in [1.165, 1.54) is 32.1 Å². The Kier molecular flexibility index (Phi) is 11.4. The summed E-state index contributed by atoms with van der Waals surface area (Å²) in [4.78, 5) is 6.87. The lowest BCUT2D eigenvalue weighted by molar-refractivity contribution is -0.0352. The number of halogens is 1.